The van der Waals surface area contributed by atoms with E-state index in [1.807, 2.05) is 84.2 Å². The Bertz CT molecular complexity index is 1470. The van der Waals surface area contributed by atoms with Gasteiger partial charge in [-0.15, -0.1) is 21.5 Å². The molecule has 178 valence electrons. The smallest absolute Gasteiger partial charge is 0.277 e. The SMILES string of the molecule is O=C(CSc1nnc(Cc2csc(Nc3ccccc3)n2)o1)N1c2ccccc2Sc2ccccc21. The standard InChI is InChI=1S/C26H19N5O2S3/c32-24(31-19-10-4-6-12-21(19)36-22-13-7-5-11-20(22)31)16-35-26-30-29-23(33-26)14-18-15-34-25(28-18)27-17-8-2-1-3-9-17/h1-13,15H,14,16H2,(H,27,28). The summed E-state index contributed by atoms with van der Waals surface area (Å²) >= 11 is 4.43. The van der Waals surface area contributed by atoms with Crippen molar-refractivity contribution in [1.82, 2.24) is 15.2 Å². The maximum absolute atomic E-state index is 13.3. The zero-order chi connectivity index (χ0) is 24.3. The second-order valence-electron chi connectivity index (χ2n) is 7.83. The number of carbonyl (C=O) groups excluding carboxylic acids is 1. The lowest BCUT2D eigenvalue weighted by molar-refractivity contribution is -0.115. The van der Waals surface area contributed by atoms with Crippen molar-refractivity contribution in [2.45, 2.75) is 21.4 Å². The summed E-state index contributed by atoms with van der Waals surface area (Å²) < 4.78 is 5.80. The Kier molecular flexibility index (Phi) is 6.46. The number of amides is 1. The van der Waals surface area contributed by atoms with Crippen LogP contribution in [-0.2, 0) is 11.2 Å². The molecule has 0 bridgehead atoms. The third-order valence-electron chi connectivity index (χ3n) is 5.36. The highest BCUT2D eigenvalue weighted by Crippen LogP contribution is 2.48. The van der Waals surface area contributed by atoms with Gasteiger partial charge >= 0.3 is 0 Å². The van der Waals surface area contributed by atoms with E-state index in [1.165, 1.54) is 23.1 Å². The van der Waals surface area contributed by atoms with E-state index in [1.54, 1.807) is 16.7 Å². The number of thioether (sulfide) groups is 1. The number of nitrogens with one attached hydrogen (secondary N) is 1. The molecule has 5 aromatic rings. The summed E-state index contributed by atoms with van der Waals surface area (Å²) in [6, 6.07) is 25.8. The summed E-state index contributed by atoms with van der Waals surface area (Å²) in [5.41, 5.74) is 3.61. The number of hydrogen-bond donors (Lipinski definition) is 1. The molecule has 6 rings (SSSR count). The first-order chi connectivity index (χ1) is 17.7. The summed E-state index contributed by atoms with van der Waals surface area (Å²) in [4.78, 5) is 21.8. The number of aromatic nitrogens is 3. The summed E-state index contributed by atoms with van der Waals surface area (Å²) in [5, 5.41) is 14.7. The molecule has 0 aliphatic carbocycles. The van der Waals surface area contributed by atoms with Crippen LogP contribution in [-0.4, -0.2) is 26.8 Å². The van der Waals surface area contributed by atoms with Gasteiger partial charge < -0.3 is 9.73 Å². The van der Waals surface area contributed by atoms with Gasteiger partial charge in [0.15, 0.2) is 5.13 Å². The number of para-hydroxylation sites is 3. The van der Waals surface area contributed by atoms with Gasteiger partial charge in [-0.1, -0.05) is 66.0 Å². The van der Waals surface area contributed by atoms with Gasteiger partial charge in [0.1, 0.15) is 0 Å². The maximum Gasteiger partial charge on any atom is 0.277 e. The molecule has 7 nitrogen and oxygen atoms in total. The van der Waals surface area contributed by atoms with Crippen LogP contribution in [0.2, 0.25) is 0 Å². The van der Waals surface area contributed by atoms with Crippen LogP contribution < -0.4 is 10.2 Å². The summed E-state index contributed by atoms with van der Waals surface area (Å²) in [5.74, 6) is 0.597. The number of anilines is 4. The van der Waals surface area contributed by atoms with Crippen molar-refractivity contribution < 1.29 is 9.21 Å². The Morgan fingerprint density at radius 2 is 1.61 bits per heavy atom. The predicted molar refractivity (Wildman–Crippen MR) is 144 cm³/mol. The highest BCUT2D eigenvalue weighted by Gasteiger charge is 2.28. The first kappa shape index (κ1) is 22.8. The molecule has 2 aromatic heterocycles. The topological polar surface area (TPSA) is 84.2 Å². The van der Waals surface area contributed by atoms with Gasteiger partial charge in [-0.25, -0.2) is 4.98 Å². The normalized spacial score (nSPS) is 12.2. The predicted octanol–water partition coefficient (Wildman–Crippen LogP) is 6.78. The molecule has 36 heavy (non-hydrogen) atoms. The van der Waals surface area contributed by atoms with Crippen LogP contribution in [0.4, 0.5) is 22.2 Å². The second kappa shape index (κ2) is 10.2. The third kappa shape index (κ3) is 4.88. The molecule has 1 N–H and O–H groups in total. The van der Waals surface area contributed by atoms with E-state index in [9.17, 15) is 4.79 Å². The molecular formula is C26H19N5O2S3. The van der Waals surface area contributed by atoms with Crippen molar-refractivity contribution in [3.8, 4) is 0 Å². The van der Waals surface area contributed by atoms with E-state index < -0.39 is 0 Å². The number of thiazole rings is 1. The largest absolute Gasteiger partial charge is 0.416 e. The Morgan fingerprint density at radius 1 is 0.917 bits per heavy atom. The van der Waals surface area contributed by atoms with Gasteiger partial charge in [-0.05, 0) is 36.4 Å². The summed E-state index contributed by atoms with van der Waals surface area (Å²) in [6.45, 7) is 0. The van der Waals surface area contributed by atoms with Crippen LogP contribution in [0, 0.1) is 0 Å². The van der Waals surface area contributed by atoms with E-state index in [0.717, 1.165) is 37.7 Å². The van der Waals surface area contributed by atoms with E-state index in [2.05, 4.69) is 20.5 Å². The number of nitrogens with zero attached hydrogens (tertiary/aromatic N) is 4. The average molecular weight is 530 g/mol. The summed E-state index contributed by atoms with van der Waals surface area (Å²) in [7, 11) is 0. The number of benzene rings is 3. The third-order valence-corrected chi connectivity index (χ3v) is 8.10. The molecule has 1 aliphatic rings. The number of rotatable bonds is 7. The van der Waals surface area contributed by atoms with Crippen LogP contribution in [0.5, 0.6) is 0 Å². The first-order valence-corrected chi connectivity index (χ1v) is 13.8. The van der Waals surface area contributed by atoms with Crippen molar-refractivity contribution in [2.75, 3.05) is 16.0 Å². The lowest BCUT2D eigenvalue weighted by Gasteiger charge is -2.30. The molecule has 1 amide bonds. The molecule has 0 saturated carbocycles. The Morgan fingerprint density at radius 3 is 2.36 bits per heavy atom. The minimum Gasteiger partial charge on any atom is -0.416 e. The molecule has 0 saturated heterocycles. The minimum absolute atomic E-state index is 0.0453. The van der Waals surface area contributed by atoms with Gasteiger partial charge in [0.2, 0.25) is 11.8 Å². The maximum atomic E-state index is 13.3. The average Bonchev–Trinajstić information content (AvgIpc) is 3.55. The monoisotopic (exact) mass is 529 g/mol. The minimum atomic E-state index is -0.0453. The fourth-order valence-corrected chi connectivity index (χ4v) is 6.19. The molecule has 0 atom stereocenters. The molecule has 3 heterocycles. The number of hydrogen-bond acceptors (Lipinski definition) is 9. The van der Waals surface area contributed by atoms with Crippen LogP contribution in [0.3, 0.4) is 0 Å². The van der Waals surface area contributed by atoms with Gasteiger partial charge in [0.05, 0.1) is 29.2 Å². The molecule has 10 heteroatoms. The zero-order valence-corrected chi connectivity index (χ0v) is 21.3. The molecule has 0 radical (unpaired) electrons. The Balaban J connectivity index is 1.11. The highest BCUT2D eigenvalue weighted by atomic mass is 32.2. The fourth-order valence-electron chi connectivity index (χ4n) is 3.77. The van der Waals surface area contributed by atoms with Gasteiger partial charge in [-0.2, -0.15) is 0 Å². The molecular weight excluding hydrogens is 511 g/mol. The van der Waals surface area contributed by atoms with E-state index >= 15 is 0 Å². The van der Waals surface area contributed by atoms with Gasteiger partial charge in [-0.3, -0.25) is 9.69 Å². The van der Waals surface area contributed by atoms with Crippen LogP contribution >= 0.6 is 34.9 Å². The molecule has 0 unspecified atom stereocenters. The van der Waals surface area contributed by atoms with Crippen molar-refractivity contribution >= 4 is 63.0 Å². The Hall–Kier alpha value is -3.60. The molecule has 1 aliphatic heterocycles. The van der Waals surface area contributed by atoms with Gasteiger partial charge in [0.25, 0.3) is 5.22 Å². The lowest BCUT2D eigenvalue weighted by Crippen LogP contribution is -2.29. The van der Waals surface area contributed by atoms with Crippen molar-refractivity contribution in [3.05, 3.63) is 95.8 Å². The lowest BCUT2D eigenvalue weighted by atomic mass is 10.2. The van der Waals surface area contributed by atoms with Crippen LogP contribution in [0.1, 0.15) is 11.6 Å². The number of carbonyl (C=O) groups is 1. The first-order valence-electron chi connectivity index (χ1n) is 11.1. The molecule has 0 spiro atoms. The molecule has 3 aromatic carbocycles. The van der Waals surface area contributed by atoms with Crippen LogP contribution in [0.15, 0.2) is 104 Å². The number of fused-ring (bicyclic) bond motifs is 2. The van der Waals surface area contributed by atoms with E-state index in [-0.39, 0.29) is 11.7 Å². The van der Waals surface area contributed by atoms with Crippen molar-refractivity contribution in [2.24, 2.45) is 0 Å². The van der Waals surface area contributed by atoms with E-state index in [4.69, 9.17) is 4.42 Å². The van der Waals surface area contributed by atoms with E-state index in [0.29, 0.717) is 17.5 Å². The summed E-state index contributed by atoms with van der Waals surface area (Å²) in [6.07, 6.45) is 0.429. The van der Waals surface area contributed by atoms with Gasteiger partial charge in [0, 0.05) is 20.9 Å². The van der Waals surface area contributed by atoms with Crippen molar-refractivity contribution in [1.29, 1.82) is 0 Å². The zero-order valence-electron chi connectivity index (χ0n) is 18.8. The Labute approximate surface area is 220 Å². The van der Waals surface area contributed by atoms with Crippen molar-refractivity contribution in [3.63, 3.8) is 0 Å². The quantitative estimate of drug-likeness (QED) is 0.231. The molecule has 0 fully saturated rings. The highest BCUT2D eigenvalue weighted by molar-refractivity contribution is 8.00. The fraction of sp³-hybridized carbons (Fsp3) is 0.0769. The second-order valence-corrected chi connectivity index (χ2v) is 10.7. The van der Waals surface area contributed by atoms with Crippen LogP contribution in [0.25, 0.3) is 0 Å².